The van der Waals surface area contributed by atoms with E-state index < -0.39 is 20.9 Å². The average molecular weight is 366 g/mol. The van der Waals surface area contributed by atoms with Gasteiger partial charge in [-0.2, -0.15) is 5.48 Å². The number of carbonyl (C=O) groups is 1. The molecule has 2 N–H and O–H groups in total. The van der Waals surface area contributed by atoms with Crippen LogP contribution in [0.3, 0.4) is 0 Å². The molecular formula is C16H35NO6Si. The van der Waals surface area contributed by atoms with Crippen molar-refractivity contribution in [2.24, 2.45) is 0 Å². The average Bonchev–Trinajstić information content (AvgIpc) is 2.44. The smallest absolute Gasteiger partial charge is 0.481 e. The van der Waals surface area contributed by atoms with E-state index in [0.717, 1.165) is 6.42 Å². The molecule has 7 nitrogen and oxygen atoms in total. The molecule has 0 aliphatic heterocycles. The fourth-order valence-corrected chi connectivity index (χ4v) is 4.84. The summed E-state index contributed by atoms with van der Waals surface area (Å²) in [5, 5.41) is 9.05. The number of carboxylic acids is 1. The zero-order chi connectivity index (χ0) is 18.6. The van der Waals surface area contributed by atoms with Crippen LogP contribution in [-0.4, -0.2) is 51.3 Å². The first-order valence-electron chi connectivity index (χ1n) is 8.74. The summed E-state index contributed by atoms with van der Waals surface area (Å²) < 4.78 is 17.4. The third kappa shape index (κ3) is 11.1. The fraction of sp³-hybridized carbons (Fsp3) is 0.938. The van der Waals surface area contributed by atoms with E-state index >= 15 is 0 Å². The third-order valence-electron chi connectivity index (χ3n) is 3.04. The van der Waals surface area contributed by atoms with Gasteiger partial charge in [-0.1, -0.05) is 0 Å². The molecule has 24 heavy (non-hydrogen) atoms. The number of rotatable bonds is 14. The molecule has 0 aromatic heterocycles. The number of nitrogens with one attached hydrogen (secondary N) is 1. The lowest BCUT2D eigenvalue weighted by molar-refractivity contribution is -0.144. The van der Waals surface area contributed by atoms with Gasteiger partial charge in [-0.3, -0.25) is 9.63 Å². The first kappa shape index (κ1) is 23.5. The Morgan fingerprint density at radius 2 is 1.58 bits per heavy atom. The first-order chi connectivity index (χ1) is 11.2. The highest BCUT2D eigenvalue weighted by atomic mass is 28.4. The van der Waals surface area contributed by atoms with Crippen molar-refractivity contribution < 1.29 is 28.0 Å². The monoisotopic (exact) mass is 365 g/mol. The Bertz CT molecular complexity index is 331. The Morgan fingerprint density at radius 1 is 1.08 bits per heavy atom. The molecule has 144 valence electrons. The van der Waals surface area contributed by atoms with Crippen LogP contribution in [0.25, 0.3) is 0 Å². The van der Waals surface area contributed by atoms with Crippen molar-refractivity contribution >= 4 is 14.8 Å². The second-order valence-corrected chi connectivity index (χ2v) is 9.30. The Balaban J connectivity index is 4.64. The van der Waals surface area contributed by atoms with Crippen LogP contribution in [0.4, 0.5) is 0 Å². The normalized spacial score (nSPS) is 13.9. The number of hydroxylamine groups is 1. The lowest BCUT2D eigenvalue weighted by Crippen LogP contribution is -2.46. The Morgan fingerprint density at radius 3 is 1.96 bits per heavy atom. The van der Waals surface area contributed by atoms with Crippen LogP contribution in [0.1, 0.15) is 60.8 Å². The molecule has 0 rings (SSSR count). The van der Waals surface area contributed by atoms with Crippen LogP contribution in [-0.2, 0) is 22.9 Å². The van der Waals surface area contributed by atoms with Gasteiger partial charge in [0.2, 0.25) is 0 Å². The maximum Gasteiger partial charge on any atom is 0.500 e. The second-order valence-electron chi connectivity index (χ2n) is 6.56. The fourth-order valence-electron chi connectivity index (χ4n) is 2.21. The molecule has 0 bridgehead atoms. The summed E-state index contributed by atoms with van der Waals surface area (Å²) in [7, 11) is -2.69. The molecular weight excluding hydrogens is 330 g/mol. The van der Waals surface area contributed by atoms with Gasteiger partial charge in [-0.05, 0) is 54.4 Å². The molecule has 0 saturated carbocycles. The molecule has 0 fully saturated rings. The predicted molar refractivity (Wildman–Crippen MR) is 94.7 cm³/mol. The van der Waals surface area contributed by atoms with Crippen molar-refractivity contribution in [3.05, 3.63) is 0 Å². The second kappa shape index (κ2) is 11.9. The van der Waals surface area contributed by atoms with E-state index in [1.165, 1.54) is 0 Å². The van der Waals surface area contributed by atoms with E-state index in [1.54, 1.807) is 0 Å². The van der Waals surface area contributed by atoms with Crippen molar-refractivity contribution in [1.29, 1.82) is 0 Å². The van der Waals surface area contributed by atoms with E-state index in [-0.39, 0.29) is 12.0 Å². The molecule has 0 radical (unpaired) electrons. The minimum Gasteiger partial charge on any atom is -0.481 e. The maximum atomic E-state index is 11.0. The Kier molecular flexibility index (Phi) is 11.7. The summed E-state index contributed by atoms with van der Waals surface area (Å²) in [5.74, 6) is -0.876. The van der Waals surface area contributed by atoms with Crippen LogP contribution in [0.2, 0.25) is 6.04 Å². The molecule has 0 heterocycles. The summed E-state index contributed by atoms with van der Waals surface area (Å²) in [6, 6.07) is 0.650. The quantitative estimate of drug-likeness (QED) is 0.361. The number of carboxylic acid groups (broad SMARTS) is 1. The van der Waals surface area contributed by atoms with Crippen molar-refractivity contribution in [3.63, 3.8) is 0 Å². The summed E-state index contributed by atoms with van der Waals surface area (Å²) in [6.07, 6.45) is 0.862. The van der Waals surface area contributed by atoms with Crippen LogP contribution in [0.15, 0.2) is 0 Å². The molecule has 0 spiro atoms. The molecule has 1 atom stereocenters. The SMILES string of the molecule is CCO[Si](CCCC(CC(=O)O)ONC(C)(C)C)(OCC)OCC. The Labute approximate surface area is 147 Å². The third-order valence-corrected chi connectivity index (χ3v) is 6.19. The largest absolute Gasteiger partial charge is 0.500 e. The number of hydrogen-bond donors (Lipinski definition) is 2. The summed E-state index contributed by atoms with van der Waals surface area (Å²) >= 11 is 0. The highest BCUT2D eigenvalue weighted by Gasteiger charge is 2.40. The Hall–Kier alpha value is -0.513. The van der Waals surface area contributed by atoms with E-state index in [0.29, 0.717) is 32.3 Å². The highest BCUT2D eigenvalue weighted by Crippen LogP contribution is 2.21. The number of aliphatic carboxylic acids is 1. The molecule has 0 aliphatic rings. The lowest BCUT2D eigenvalue weighted by atomic mass is 10.1. The summed E-state index contributed by atoms with van der Waals surface area (Å²) in [4.78, 5) is 16.6. The van der Waals surface area contributed by atoms with Gasteiger partial charge in [-0.25, -0.2) is 0 Å². The van der Waals surface area contributed by atoms with Gasteiger partial charge in [0.15, 0.2) is 0 Å². The van der Waals surface area contributed by atoms with Gasteiger partial charge >= 0.3 is 14.8 Å². The van der Waals surface area contributed by atoms with Gasteiger partial charge in [0, 0.05) is 31.4 Å². The zero-order valence-electron chi connectivity index (χ0n) is 16.0. The topological polar surface area (TPSA) is 86.3 Å². The maximum absolute atomic E-state index is 11.0. The van der Waals surface area contributed by atoms with Gasteiger partial charge in [0.25, 0.3) is 0 Å². The van der Waals surface area contributed by atoms with Crippen molar-refractivity contribution in [2.75, 3.05) is 19.8 Å². The minimum atomic E-state index is -2.69. The highest BCUT2D eigenvalue weighted by molar-refractivity contribution is 6.60. The molecule has 0 aliphatic carbocycles. The molecule has 0 saturated heterocycles. The van der Waals surface area contributed by atoms with E-state index in [1.807, 2.05) is 41.5 Å². The van der Waals surface area contributed by atoms with E-state index in [4.69, 9.17) is 23.2 Å². The summed E-state index contributed by atoms with van der Waals surface area (Å²) in [5.41, 5.74) is 2.67. The molecule has 1 unspecified atom stereocenters. The van der Waals surface area contributed by atoms with Crippen molar-refractivity contribution in [2.45, 2.75) is 78.5 Å². The zero-order valence-corrected chi connectivity index (χ0v) is 17.0. The van der Waals surface area contributed by atoms with Crippen LogP contribution < -0.4 is 5.48 Å². The number of hydrogen-bond acceptors (Lipinski definition) is 6. The lowest BCUT2D eigenvalue weighted by Gasteiger charge is -2.29. The predicted octanol–water partition coefficient (Wildman–Crippen LogP) is 2.98. The van der Waals surface area contributed by atoms with E-state index in [2.05, 4.69) is 5.48 Å². The van der Waals surface area contributed by atoms with Gasteiger partial charge in [0.1, 0.15) is 0 Å². The minimum absolute atomic E-state index is 0.0461. The standard InChI is InChI=1S/C16H35NO6Si/c1-7-20-24(21-8-2,22-9-3)12-10-11-14(13-15(18)19)23-17-16(4,5)6/h14,17H,7-13H2,1-6H3,(H,18,19). The van der Waals surface area contributed by atoms with Crippen LogP contribution >= 0.6 is 0 Å². The molecule has 0 aromatic carbocycles. The van der Waals surface area contributed by atoms with Gasteiger partial charge in [-0.15, -0.1) is 0 Å². The summed E-state index contributed by atoms with van der Waals surface area (Å²) in [6.45, 7) is 13.2. The van der Waals surface area contributed by atoms with Crippen molar-refractivity contribution in [1.82, 2.24) is 5.48 Å². The van der Waals surface area contributed by atoms with Crippen molar-refractivity contribution in [3.8, 4) is 0 Å². The first-order valence-corrected chi connectivity index (χ1v) is 10.7. The van der Waals surface area contributed by atoms with E-state index in [9.17, 15) is 4.79 Å². The van der Waals surface area contributed by atoms with Gasteiger partial charge < -0.3 is 18.4 Å². The van der Waals surface area contributed by atoms with Crippen LogP contribution in [0.5, 0.6) is 0 Å². The van der Waals surface area contributed by atoms with Crippen LogP contribution in [0, 0.1) is 0 Å². The molecule has 8 heteroatoms. The molecule has 0 amide bonds. The van der Waals surface area contributed by atoms with Gasteiger partial charge in [0.05, 0.1) is 12.5 Å². The molecule has 0 aromatic rings.